The quantitative estimate of drug-likeness (QED) is 0.588. The zero-order valence-corrected chi connectivity index (χ0v) is 17.3. The first kappa shape index (κ1) is 19.0. The van der Waals surface area contributed by atoms with Crippen LogP contribution in [0.4, 0.5) is 5.13 Å². The fraction of sp³-hybridized carbons (Fsp3) is 0.0588. The Balaban J connectivity index is 1.83. The second kappa shape index (κ2) is 7.48. The van der Waals surface area contributed by atoms with Crippen LogP contribution in [0, 0.1) is 0 Å². The number of thiazole rings is 1. The van der Waals surface area contributed by atoms with Gasteiger partial charge in [-0.2, -0.15) is 0 Å². The number of carbonyl (C=O) groups excluding carboxylic acids is 1. The lowest BCUT2D eigenvalue weighted by Crippen LogP contribution is -2.12. The predicted octanol–water partition coefficient (Wildman–Crippen LogP) is 4.88. The highest BCUT2D eigenvalue weighted by atomic mass is 79.9. The van der Waals surface area contributed by atoms with Crippen LogP contribution in [0.5, 0.6) is 0 Å². The minimum absolute atomic E-state index is 0.0789. The number of benzene rings is 2. The molecule has 0 spiro atoms. The van der Waals surface area contributed by atoms with Crippen molar-refractivity contribution in [1.82, 2.24) is 4.98 Å². The average Bonchev–Trinajstić information content (AvgIpc) is 3.02. The molecule has 0 aliphatic heterocycles. The lowest BCUT2D eigenvalue weighted by Gasteiger charge is -2.06. The van der Waals surface area contributed by atoms with Gasteiger partial charge in [0.2, 0.25) is 0 Å². The molecule has 0 saturated carbocycles. The molecule has 3 aromatic rings. The van der Waals surface area contributed by atoms with Gasteiger partial charge in [-0.05, 0) is 30.3 Å². The van der Waals surface area contributed by atoms with Gasteiger partial charge in [0.15, 0.2) is 15.0 Å². The third kappa shape index (κ3) is 4.32. The van der Waals surface area contributed by atoms with Crippen LogP contribution in [-0.2, 0) is 9.84 Å². The van der Waals surface area contributed by atoms with Gasteiger partial charge in [-0.3, -0.25) is 10.1 Å². The molecule has 9 heteroatoms. The highest BCUT2D eigenvalue weighted by Crippen LogP contribution is 2.28. The summed E-state index contributed by atoms with van der Waals surface area (Å²) in [6.07, 6.45) is 1.04. The Bertz CT molecular complexity index is 1100. The van der Waals surface area contributed by atoms with E-state index in [1.807, 2.05) is 29.6 Å². The number of hydrogen-bond donors (Lipinski definition) is 1. The molecular formula is C17H12BrClN2O3S2. The normalized spacial score (nSPS) is 11.3. The van der Waals surface area contributed by atoms with Crippen LogP contribution in [0.25, 0.3) is 11.3 Å². The minimum Gasteiger partial charge on any atom is -0.298 e. The molecule has 0 aliphatic rings. The van der Waals surface area contributed by atoms with Gasteiger partial charge in [0.05, 0.1) is 15.6 Å². The van der Waals surface area contributed by atoms with Crippen molar-refractivity contribution in [3.63, 3.8) is 0 Å². The average molecular weight is 472 g/mol. The Hall–Kier alpha value is -1.74. The van der Waals surface area contributed by atoms with Gasteiger partial charge in [0, 0.05) is 27.2 Å². The van der Waals surface area contributed by atoms with Crippen molar-refractivity contribution in [1.29, 1.82) is 0 Å². The summed E-state index contributed by atoms with van der Waals surface area (Å²) in [6.45, 7) is 0. The Labute approximate surface area is 168 Å². The number of halogens is 2. The molecule has 0 aliphatic carbocycles. The van der Waals surface area contributed by atoms with Gasteiger partial charge in [-0.25, -0.2) is 13.4 Å². The third-order valence-corrected chi connectivity index (χ3v) is 6.27. The first-order valence-corrected chi connectivity index (χ1v) is 11.2. The van der Waals surface area contributed by atoms with E-state index in [9.17, 15) is 13.2 Å². The number of nitrogens with zero attached hydrogens (tertiary/aromatic N) is 1. The second-order valence-corrected chi connectivity index (χ2v) is 9.58. The maximum Gasteiger partial charge on any atom is 0.257 e. The van der Waals surface area contributed by atoms with Gasteiger partial charge < -0.3 is 0 Å². The van der Waals surface area contributed by atoms with Crippen molar-refractivity contribution < 1.29 is 13.2 Å². The molecule has 0 unspecified atom stereocenters. The maximum atomic E-state index is 12.4. The second-order valence-electron chi connectivity index (χ2n) is 5.42. The summed E-state index contributed by atoms with van der Waals surface area (Å²) in [6, 6.07) is 11.8. The molecule has 5 nitrogen and oxygen atoms in total. The van der Waals surface area contributed by atoms with Crippen LogP contribution in [-0.4, -0.2) is 25.6 Å². The Morgan fingerprint density at radius 2 is 2.00 bits per heavy atom. The summed E-state index contributed by atoms with van der Waals surface area (Å²) in [5.74, 6) is -0.457. The molecular weight excluding hydrogens is 460 g/mol. The first-order valence-electron chi connectivity index (χ1n) is 7.26. The standard InChI is InChI=1S/C17H12BrClN2O3S2/c1-26(23,24)15-8-11(5-6-13(15)19)16(22)21-17-20-14(9-25-17)10-3-2-4-12(18)7-10/h2-9H,1H3,(H,20,21,22). The van der Waals surface area contributed by atoms with Crippen LogP contribution >= 0.6 is 38.9 Å². The topological polar surface area (TPSA) is 76.1 Å². The molecule has 0 fully saturated rings. The Kier molecular flexibility index (Phi) is 5.47. The molecule has 0 atom stereocenters. The Morgan fingerprint density at radius 3 is 2.69 bits per heavy atom. The summed E-state index contributed by atoms with van der Waals surface area (Å²) in [7, 11) is -3.53. The van der Waals surface area contributed by atoms with E-state index in [1.54, 1.807) is 0 Å². The van der Waals surface area contributed by atoms with E-state index >= 15 is 0 Å². The highest BCUT2D eigenvalue weighted by Gasteiger charge is 2.17. The van der Waals surface area contributed by atoms with Crippen molar-refractivity contribution in [3.05, 3.63) is 62.9 Å². The monoisotopic (exact) mass is 470 g/mol. The van der Waals surface area contributed by atoms with Crippen molar-refractivity contribution in [2.45, 2.75) is 4.90 Å². The number of anilines is 1. The molecule has 0 radical (unpaired) electrons. The van der Waals surface area contributed by atoms with E-state index in [0.717, 1.165) is 22.0 Å². The van der Waals surface area contributed by atoms with Gasteiger partial charge in [0.25, 0.3) is 5.91 Å². The van der Waals surface area contributed by atoms with Gasteiger partial charge in [-0.15, -0.1) is 11.3 Å². The number of sulfone groups is 1. The highest BCUT2D eigenvalue weighted by molar-refractivity contribution is 9.10. The lowest BCUT2D eigenvalue weighted by molar-refractivity contribution is 0.102. The van der Waals surface area contributed by atoms with Gasteiger partial charge in [0.1, 0.15) is 0 Å². The largest absolute Gasteiger partial charge is 0.298 e. The van der Waals surface area contributed by atoms with Crippen molar-refractivity contribution in [2.24, 2.45) is 0 Å². The molecule has 1 N–H and O–H groups in total. The van der Waals surface area contributed by atoms with Crippen molar-refractivity contribution in [2.75, 3.05) is 11.6 Å². The van der Waals surface area contributed by atoms with E-state index in [-0.39, 0.29) is 15.5 Å². The molecule has 26 heavy (non-hydrogen) atoms. The number of rotatable bonds is 4. The van der Waals surface area contributed by atoms with Gasteiger partial charge >= 0.3 is 0 Å². The number of carbonyl (C=O) groups is 1. The van der Waals surface area contributed by atoms with E-state index in [1.165, 1.54) is 29.5 Å². The fourth-order valence-electron chi connectivity index (χ4n) is 2.21. The fourth-order valence-corrected chi connectivity index (χ4v) is 4.62. The summed E-state index contributed by atoms with van der Waals surface area (Å²) < 4.78 is 24.4. The molecule has 1 aromatic heterocycles. The SMILES string of the molecule is CS(=O)(=O)c1cc(C(=O)Nc2nc(-c3cccc(Br)c3)cs2)ccc1Cl. The van der Waals surface area contributed by atoms with E-state index in [2.05, 4.69) is 26.2 Å². The van der Waals surface area contributed by atoms with Gasteiger partial charge in [-0.1, -0.05) is 39.7 Å². The summed E-state index contributed by atoms with van der Waals surface area (Å²) in [5, 5.41) is 5.01. The zero-order chi connectivity index (χ0) is 18.9. The zero-order valence-electron chi connectivity index (χ0n) is 13.4. The van der Waals surface area contributed by atoms with Crippen LogP contribution in [0.2, 0.25) is 5.02 Å². The number of amides is 1. The van der Waals surface area contributed by atoms with Crippen molar-refractivity contribution >= 4 is 59.7 Å². The molecule has 0 saturated heterocycles. The molecule has 1 amide bonds. The molecule has 3 rings (SSSR count). The Morgan fingerprint density at radius 1 is 1.23 bits per heavy atom. The van der Waals surface area contributed by atoms with Crippen LogP contribution < -0.4 is 5.32 Å². The smallest absolute Gasteiger partial charge is 0.257 e. The molecule has 0 bridgehead atoms. The van der Waals surface area contributed by atoms with Crippen LogP contribution in [0.15, 0.2) is 57.2 Å². The van der Waals surface area contributed by atoms with E-state index < -0.39 is 15.7 Å². The van der Waals surface area contributed by atoms with Crippen molar-refractivity contribution in [3.8, 4) is 11.3 Å². The summed E-state index contributed by atoms with van der Waals surface area (Å²) in [5.41, 5.74) is 1.84. The lowest BCUT2D eigenvalue weighted by atomic mass is 10.2. The van der Waals surface area contributed by atoms with E-state index in [0.29, 0.717) is 5.13 Å². The predicted molar refractivity (Wildman–Crippen MR) is 108 cm³/mol. The number of hydrogen-bond acceptors (Lipinski definition) is 5. The molecule has 134 valence electrons. The number of aromatic nitrogens is 1. The summed E-state index contributed by atoms with van der Waals surface area (Å²) in [4.78, 5) is 16.7. The molecule has 1 heterocycles. The first-order chi connectivity index (χ1) is 12.2. The molecule has 2 aromatic carbocycles. The maximum absolute atomic E-state index is 12.4. The summed E-state index contributed by atoms with van der Waals surface area (Å²) >= 11 is 10.6. The third-order valence-electron chi connectivity index (χ3n) is 3.44. The van der Waals surface area contributed by atoms with Crippen LogP contribution in [0.1, 0.15) is 10.4 Å². The number of nitrogens with one attached hydrogen (secondary N) is 1. The van der Waals surface area contributed by atoms with Crippen LogP contribution in [0.3, 0.4) is 0 Å². The minimum atomic E-state index is -3.53. The van der Waals surface area contributed by atoms with E-state index in [4.69, 9.17) is 11.6 Å².